The van der Waals surface area contributed by atoms with E-state index in [9.17, 15) is 9.59 Å². The van der Waals surface area contributed by atoms with E-state index in [4.69, 9.17) is 14.2 Å². The third-order valence-corrected chi connectivity index (χ3v) is 4.29. The predicted molar refractivity (Wildman–Crippen MR) is 91.9 cm³/mol. The molecule has 7 nitrogen and oxygen atoms in total. The first kappa shape index (κ1) is 19.3. The Labute approximate surface area is 148 Å². The first-order chi connectivity index (χ1) is 11.7. The monoisotopic (exact) mass is 352 g/mol. The molecule has 1 saturated carbocycles. The molecule has 0 unspecified atom stereocenters. The summed E-state index contributed by atoms with van der Waals surface area (Å²) in [6.45, 7) is 9.85. The maximum atomic E-state index is 12.3. The lowest BCUT2D eigenvalue weighted by Crippen LogP contribution is -2.29. The lowest BCUT2D eigenvalue weighted by atomic mass is 9.68. The van der Waals surface area contributed by atoms with E-state index in [0.717, 1.165) is 11.1 Å². The van der Waals surface area contributed by atoms with Crippen molar-refractivity contribution in [3.8, 4) is 5.88 Å². The second-order valence-corrected chi connectivity index (χ2v) is 7.74. The van der Waals surface area contributed by atoms with Gasteiger partial charge in [-0.15, -0.1) is 4.68 Å². The van der Waals surface area contributed by atoms with Crippen LogP contribution in [0.2, 0.25) is 0 Å². The molecular formula is C18H28N2O5. The average molecular weight is 352 g/mol. The SMILES string of the molecule is CCOC(=O)c1cnn(C(=O)OC(C)(C)C)c1OCCC1(C)CCC1. The largest absolute Gasteiger partial charge is 0.477 e. The second-order valence-electron chi connectivity index (χ2n) is 7.74. The minimum absolute atomic E-state index is 0.0793. The fraction of sp³-hybridized carbons (Fsp3) is 0.722. The highest BCUT2D eigenvalue weighted by molar-refractivity contribution is 5.93. The molecule has 0 atom stereocenters. The molecule has 1 aliphatic rings. The van der Waals surface area contributed by atoms with Crippen molar-refractivity contribution in [3.63, 3.8) is 0 Å². The predicted octanol–water partition coefficient (Wildman–Crippen LogP) is 3.80. The van der Waals surface area contributed by atoms with Gasteiger partial charge in [0.2, 0.25) is 5.88 Å². The van der Waals surface area contributed by atoms with Crippen molar-refractivity contribution in [2.75, 3.05) is 13.2 Å². The zero-order chi connectivity index (χ0) is 18.7. The van der Waals surface area contributed by atoms with Gasteiger partial charge in [0, 0.05) is 0 Å². The summed E-state index contributed by atoms with van der Waals surface area (Å²) in [5.74, 6) is -0.488. The molecule has 25 heavy (non-hydrogen) atoms. The highest BCUT2D eigenvalue weighted by Gasteiger charge is 2.32. The number of ether oxygens (including phenoxy) is 3. The number of rotatable bonds is 6. The Bertz CT molecular complexity index is 626. The van der Waals surface area contributed by atoms with Gasteiger partial charge in [0.05, 0.1) is 19.4 Å². The summed E-state index contributed by atoms with van der Waals surface area (Å²) in [6, 6.07) is 0. The summed E-state index contributed by atoms with van der Waals surface area (Å²) in [5.41, 5.74) is -0.267. The van der Waals surface area contributed by atoms with Crippen molar-refractivity contribution >= 4 is 12.1 Å². The Kier molecular flexibility index (Phi) is 5.75. The van der Waals surface area contributed by atoms with Crippen LogP contribution >= 0.6 is 0 Å². The molecule has 0 aliphatic heterocycles. The van der Waals surface area contributed by atoms with E-state index in [1.165, 1.54) is 25.5 Å². The molecule has 1 heterocycles. The van der Waals surface area contributed by atoms with Crippen molar-refractivity contribution in [1.82, 2.24) is 9.78 Å². The van der Waals surface area contributed by atoms with E-state index in [0.29, 0.717) is 6.61 Å². The van der Waals surface area contributed by atoms with Gasteiger partial charge in [0.25, 0.3) is 0 Å². The molecule has 1 aliphatic carbocycles. The molecule has 1 fully saturated rings. The number of hydrogen-bond acceptors (Lipinski definition) is 6. The Hall–Kier alpha value is -2.05. The van der Waals surface area contributed by atoms with Crippen molar-refractivity contribution < 1.29 is 23.8 Å². The van der Waals surface area contributed by atoms with Crippen LogP contribution in [0.1, 0.15) is 70.7 Å². The molecule has 140 valence electrons. The van der Waals surface area contributed by atoms with Crippen LogP contribution in [0.4, 0.5) is 4.79 Å². The maximum absolute atomic E-state index is 12.3. The third-order valence-electron chi connectivity index (χ3n) is 4.29. The number of esters is 1. The zero-order valence-corrected chi connectivity index (χ0v) is 15.8. The smallest absolute Gasteiger partial charge is 0.438 e. The van der Waals surface area contributed by atoms with Crippen LogP contribution < -0.4 is 4.74 Å². The van der Waals surface area contributed by atoms with Crippen LogP contribution in [0.15, 0.2) is 6.20 Å². The molecule has 7 heteroatoms. The highest BCUT2D eigenvalue weighted by atomic mass is 16.6. The lowest BCUT2D eigenvalue weighted by Gasteiger charge is -2.38. The number of nitrogens with zero attached hydrogens (tertiary/aromatic N) is 2. The molecule has 1 aromatic rings. The number of carbonyl (C=O) groups excluding carboxylic acids is 2. The first-order valence-electron chi connectivity index (χ1n) is 8.76. The van der Waals surface area contributed by atoms with Gasteiger partial charge in [-0.25, -0.2) is 9.59 Å². The zero-order valence-electron chi connectivity index (χ0n) is 15.8. The van der Waals surface area contributed by atoms with Gasteiger partial charge < -0.3 is 14.2 Å². The molecule has 0 amide bonds. The molecule has 0 N–H and O–H groups in total. The molecule has 0 radical (unpaired) electrons. The third kappa shape index (κ3) is 4.96. The van der Waals surface area contributed by atoms with Crippen molar-refractivity contribution in [1.29, 1.82) is 0 Å². The first-order valence-corrected chi connectivity index (χ1v) is 8.76. The Balaban J connectivity index is 2.17. The summed E-state index contributed by atoms with van der Waals surface area (Å²) in [5, 5.41) is 3.97. The summed E-state index contributed by atoms with van der Waals surface area (Å²) in [7, 11) is 0. The van der Waals surface area contributed by atoms with Gasteiger partial charge in [-0.05, 0) is 52.4 Å². The molecule has 0 spiro atoms. The van der Waals surface area contributed by atoms with Crippen LogP contribution in [-0.2, 0) is 9.47 Å². The Morgan fingerprint density at radius 1 is 1.32 bits per heavy atom. The van der Waals surface area contributed by atoms with E-state index < -0.39 is 17.7 Å². The van der Waals surface area contributed by atoms with Gasteiger partial charge in [-0.3, -0.25) is 0 Å². The van der Waals surface area contributed by atoms with E-state index in [1.54, 1.807) is 27.7 Å². The Morgan fingerprint density at radius 3 is 2.52 bits per heavy atom. The van der Waals surface area contributed by atoms with E-state index in [-0.39, 0.29) is 23.5 Å². The standard InChI is InChI=1S/C18H28N2O5/c1-6-23-15(21)13-12-19-20(16(22)25-17(2,3)4)14(13)24-11-10-18(5)8-7-9-18/h12H,6-11H2,1-5H3. The highest BCUT2D eigenvalue weighted by Crippen LogP contribution is 2.43. The normalized spacial score (nSPS) is 16.0. The van der Waals surface area contributed by atoms with Crippen LogP contribution in [0.3, 0.4) is 0 Å². The summed E-state index contributed by atoms with van der Waals surface area (Å²) >= 11 is 0. The molecule has 1 aromatic heterocycles. The van der Waals surface area contributed by atoms with Crippen LogP contribution in [0.5, 0.6) is 5.88 Å². The molecule has 2 rings (SSSR count). The van der Waals surface area contributed by atoms with E-state index in [1.807, 2.05) is 0 Å². The van der Waals surface area contributed by atoms with E-state index in [2.05, 4.69) is 12.0 Å². The quantitative estimate of drug-likeness (QED) is 0.725. The molecular weight excluding hydrogens is 324 g/mol. The van der Waals surface area contributed by atoms with Crippen molar-refractivity contribution in [3.05, 3.63) is 11.8 Å². The van der Waals surface area contributed by atoms with Crippen molar-refractivity contribution in [2.24, 2.45) is 5.41 Å². The van der Waals surface area contributed by atoms with Gasteiger partial charge in [0.1, 0.15) is 11.2 Å². The summed E-state index contributed by atoms with van der Waals surface area (Å²) in [4.78, 5) is 24.5. The van der Waals surface area contributed by atoms with E-state index >= 15 is 0 Å². The van der Waals surface area contributed by atoms with Gasteiger partial charge in [-0.2, -0.15) is 5.10 Å². The fourth-order valence-corrected chi connectivity index (χ4v) is 2.68. The van der Waals surface area contributed by atoms with Gasteiger partial charge in [0.15, 0.2) is 0 Å². The van der Waals surface area contributed by atoms with Crippen LogP contribution in [0.25, 0.3) is 0 Å². The molecule has 0 bridgehead atoms. The maximum Gasteiger partial charge on any atom is 0.438 e. The van der Waals surface area contributed by atoms with Gasteiger partial charge >= 0.3 is 12.1 Å². The minimum atomic E-state index is -0.687. The fourth-order valence-electron chi connectivity index (χ4n) is 2.68. The van der Waals surface area contributed by atoms with Crippen molar-refractivity contribution in [2.45, 2.75) is 65.9 Å². The lowest BCUT2D eigenvalue weighted by molar-refractivity contribution is 0.0483. The number of carbonyl (C=O) groups is 2. The average Bonchev–Trinajstić information content (AvgIpc) is 2.88. The van der Waals surface area contributed by atoms with Crippen LogP contribution in [-0.4, -0.2) is 40.7 Å². The molecule has 0 aromatic carbocycles. The van der Waals surface area contributed by atoms with Gasteiger partial charge in [-0.1, -0.05) is 13.3 Å². The minimum Gasteiger partial charge on any atom is -0.477 e. The van der Waals surface area contributed by atoms with Crippen LogP contribution in [0, 0.1) is 5.41 Å². The Morgan fingerprint density at radius 2 is 2.00 bits per heavy atom. The topological polar surface area (TPSA) is 79.7 Å². The summed E-state index contributed by atoms with van der Waals surface area (Å²) in [6.07, 6.45) is 5.03. The number of hydrogen-bond donors (Lipinski definition) is 0. The summed E-state index contributed by atoms with van der Waals surface area (Å²) < 4.78 is 17.1. The molecule has 0 saturated heterocycles. The second kappa shape index (κ2) is 7.45. The number of aromatic nitrogens is 2.